The highest BCUT2D eigenvalue weighted by molar-refractivity contribution is 5.98. The van der Waals surface area contributed by atoms with Crippen LogP contribution >= 0.6 is 0 Å². The average molecular weight is 250 g/mol. The molecule has 0 aliphatic rings. The summed E-state index contributed by atoms with van der Waals surface area (Å²) in [5, 5.41) is 14.1. The summed E-state index contributed by atoms with van der Waals surface area (Å²) in [6.07, 6.45) is 4.57. The molecular formula is C12H18N4O2. The number of amides is 1. The van der Waals surface area contributed by atoms with E-state index < -0.39 is 0 Å². The van der Waals surface area contributed by atoms with Crippen molar-refractivity contribution < 1.29 is 10.0 Å². The Labute approximate surface area is 106 Å². The second-order valence-electron chi connectivity index (χ2n) is 3.88. The smallest absolute Gasteiger partial charge is 0.269 e. The lowest BCUT2D eigenvalue weighted by atomic mass is 10.2. The normalized spacial score (nSPS) is 11.3. The van der Waals surface area contributed by atoms with E-state index in [0.717, 1.165) is 19.3 Å². The van der Waals surface area contributed by atoms with E-state index in [2.05, 4.69) is 22.4 Å². The van der Waals surface area contributed by atoms with Gasteiger partial charge in [0.05, 0.1) is 0 Å². The zero-order valence-electron chi connectivity index (χ0n) is 10.4. The van der Waals surface area contributed by atoms with E-state index in [1.165, 1.54) is 6.20 Å². The molecule has 1 aromatic heterocycles. The van der Waals surface area contributed by atoms with Crippen molar-refractivity contribution in [2.75, 3.05) is 6.54 Å². The molecule has 6 nitrogen and oxygen atoms in total. The number of hydrogen-bond donors (Lipinski definition) is 3. The highest BCUT2D eigenvalue weighted by Gasteiger charge is 2.07. The van der Waals surface area contributed by atoms with E-state index in [1.54, 1.807) is 12.1 Å². The molecule has 98 valence electrons. The van der Waals surface area contributed by atoms with Crippen molar-refractivity contribution in [3.63, 3.8) is 0 Å². The standard InChI is InChI=1S/C12H18N4O2/c1-2-3-4-7-14-12(17)10-6-5-9(8-15-10)11(13)16-18/h5-6,8,18H,2-4,7H2,1H3,(H2,13,16)(H,14,17). The van der Waals surface area contributed by atoms with E-state index in [9.17, 15) is 4.79 Å². The molecule has 4 N–H and O–H groups in total. The molecule has 0 spiro atoms. The number of nitrogens with zero attached hydrogens (tertiary/aromatic N) is 2. The topological polar surface area (TPSA) is 101 Å². The predicted octanol–water partition coefficient (Wildman–Crippen LogP) is 1.10. The van der Waals surface area contributed by atoms with Crippen LogP contribution in [0.15, 0.2) is 23.5 Å². The molecule has 0 saturated carbocycles. The van der Waals surface area contributed by atoms with E-state index >= 15 is 0 Å². The molecule has 1 rings (SSSR count). The van der Waals surface area contributed by atoms with Crippen LogP contribution in [0.4, 0.5) is 0 Å². The fourth-order valence-electron chi connectivity index (χ4n) is 1.40. The summed E-state index contributed by atoms with van der Waals surface area (Å²) in [6.45, 7) is 2.76. The quantitative estimate of drug-likeness (QED) is 0.231. The zero-order valence-corrected chi connectivity index (χ0v) is 10.4. The van der Waals surface area contributed by atoms with Gasteiger partial charge in [-0.15, -0.1) is 0 Å². The lowest BCUT2D eigenvalue weighted by molar-refractivity contribution is 0.0948. The van der Waals surface area contributed by atoms with Crippen LogP contribution in [0.5, 0.6) is 0 Å². The van der Waals surface area contributed by atoms with Crippen LogP contribution in [0, 0.1) is 0 Å². The first-order valence-electron chi connectivity index (χ1n) is 5.91. The number of pyridine rings is 1. The van der Waals surface area contributed by atoms with Gasteiger partial charge in [-0.2, -0.15) is 0 Å². The third kappa shape index (κ3) is 4.04. The van der Waals surface area contributed by atoms with E-state index in [0.29, 0.717) is 17.8 Å². The third-order valence-corrected chi connectivity index (χ3v) is 2.47. The number of nitrogens with two attached hydrogens (primary N) is 1. The van der Waals surface area contributed by atoms with Crippen LogP contribution in [0.3, 0.4) is 0 Å². The SMILES string of the molecule is CCCCCNC(=O)c1ccc(C(N)=NO)cn1. The van der Waals surface area contributed by atoms with E-state index in [4.69, 9.17) is 10.9 Å². The maximum atomic E-state index is 11.7. The van der Waals surface area contributed by atoms with Crippen LogP contribution in [0.25, 0.3) is 0 Å². The van der Waals surface area contributed by atoms with Crippen LogP contribution < -0.4 is 11.1 Å². The monoisotopic (exact) mass is 250 g/mol. The minimum atomic E-state index is -0.211. The summed E-state index contributed by atoms with van der Waals surface area (Å²) in [7, 11) is 0. The molecule has 1 aromatic rings. The van der Waals surface area contributed by atoms with E-state index in [1.807, 2.05) is 0 Å². The van der Waals surface area contributed by atoms with Crippen LogP contribution in [-0.4, -0.2) is 28.5 Å². The number of carbonyl (C=O) groups excluding carboxylic acids is 1. The Hall–Kier alpha value is -2.11. The molecule has 1 amide bonds. The number of aromatic nitrogens is 1. The van der Waals surface area contributed by atoms with Gasteiger partial charge >= 0.3 is 0 Å². The predicted molar refractivity (Wildman–Crippen MR) is 68.6 cm³/mol. The maximum Gasteiger partial charge on any atom is 0.269 e. The first-order valence-corrected chi connectivity index (χ1v) is 5.91. The summed E-state index contributed by atoms with van der Waals surface area (Å²) >= 11 is 0. The Morgan fingerprint density at radius 1 is 1.50 bits per heavy atom. The van der Waals surface area contributed by atoms with Crippen LogP contribution in [-0.2, 0) is 0 Å². The van der Waals surface area contributed by atoms with Crippen molar-refractivity contribution in [2.45, 2.75) is 26.2 Å². The summed E-state index contributed by atoms with van der Waals surface area (Å²) < 4.78 is 0. The first-order chi connectivity index (χ1) is 8.69. The first kappa shape index (κ1) is 14.0. The number of rotatable bonds is 6. The fraction of sp³-hybridized carbons (Fsp3) is 0.417. The lowest BCUT2D eigenvalue weighted by Crippen LogP contribution is -2.25. The molecule has 0 atom stereocenters. The summed E-state index contributed by atoms with van der Waals surface area (Å²) in [5.41, 5.74) is 6.19. The maximum absolute atomic E-state index is 11.7. The molecule has 0 saturated heterocycles. The Morgan fingerprint density at radius 2 is 2.28 bits per heavy atom. The second-order valence-corrected chi connectivity index (χ2v) is 3.88. The van der Waals surface area contributed by atoms with Crippen LogP contribution in [0.1, 0.15) is 42.2 Å². The molecule has 0 radical (unpaired) electrons. The van der Waals surface area contributed by atoms with Crippen LogP contribution in [0.2, 0.25) is 0 Å². The average Bonchev–Trinajstić information content (AvgIpc) is 2.42. The highest BCUT2D eigenvalue weighted by atomic mass is 16.4. The van der Waals surface area contributed by atoms with Crippen molar-refractivity contribution in [3.05, 3.63) is 29.6 Å². The number of hydrogen-bond acceptors (Lipinski definition) is 4. The minimum Gasteiger partial charge on any atom is -0.409 e. The van der Waals surface area contributed by atoms with Gasteiger partial charge in [-0.25, -0.2) is 0 Å². The van der Waals surface area contributed by atoms with Gasteiger partial charge in [0.1, 0.15) is 5.69 Å². The van der Waals surface area contributed by atoms with Gasteiger partial charge in [0.15, 0.2) is 5.84 Å². The van der Waals surface area contributed by atoms with Crippen molar-refractivity contribution in [1.29, 1.82) is 0 Å². The molecule has 18 heavy (non-hydrogen) atoms. The summed E-state index contributed by atoms with van der Waals surface area (Å²) in [6, 6.07) is 3.13. The van der Waals surface area contributed by atoms with Gasteiger partial charge in [-0.05, 0) is 18.6 Å². The lowest BCUT2D eigenvalue weighted by Gasteiger charge is -2.04. The molecule has 0 aliphatic heterocycles. The minimum absolute atomic E-state index is 0.0302. The molecule has 1 heterocycles. The van der Waals surface area contributed by atoms with Crippen molar-refractivity contribution in [1.82, 2.24) is 10.3 Å². The van der Waals surface area contributed by atoms with Crippen molar-refractivity contribution in [3.8, 4) is 0 Å². The second kappa shape index (κ2) is 7.26. The number of nitrogens with one attached hydrogen (secondary N) is 1. The Kier molecular flexibility index (Phi) is 5.63. The molecule has 0 aromatic carbocycles. The van der Waals surface area contributed by atoms with Crippen molar-refractivity contribution in [2.24, 2.45) is 10.9 Å². The molecule has 6 heteroatoms. The van der Waals surface area contributed by atoms with Gasteiger partial charge in [0, 0.05) is 18.3 Å². The molecular weight excluding hydrogens is 232 g/mol. The Balaban J connectivity index is 2.54. The van der Waals surface area contributed by atoms with Gasteiger partial charge in [0.2, 0.25) is 0 Å². The van der Waals surface area contributed by atoms with Gasteiger partial charge in [-0.1, -0.05) is 24.9 Å². The summed E-state index contributed by atoms with van der Waals surface area (Å²) in [5.74, 6) is -0.241. The zero-order chi connectivity index (χ0) is 13.4. The van der Waals surface area contributed by atoms with Gasteiger partial charge in [0.25, 0.3) is 5.91 Å². The Bertz CT molecular complexity index is 415. The Morgan fingerprint density at radius 3 is 2.83 bits per heavy atom. The molecule has 0 unspecified atom stereocenters. The fourth-order valence-corrected chi connectivity index (χ4v) is 1.40. The van der Waals surface area contributed by atoms with E-state index in [-0.39, 0.29) is 11.7 Å². The number of carbonyl (C=O) groups is 1. The summed E-state index contributed by atoms with van der Waals surface area (Å²) in [4.78, 5) is 15.6. The van der Waals surface area contributed by atoms with Gasteiger partial charge in [-0.3, -0.25) is 9.78 Å². The van der Waals surface area contributed by atoms with Gasteiger partial charge < -0.3 is 16.3 Å². The van der Waals surface area contributed by atoms with Crippen molar-refractivity contribution >= 4 is 11.7 Å². The highest BCUT2D eigenvalue weighted by Crippen LogP contribution is 2.00. The molecule has 0 bridgehead atoms. The molecule has 0 aliphatic carbocycles. The number of amidine groups is 1. The largest absolute Gasteiger partial charge is 0.409 e. The number of oxime groups is 1. The molecule has 0 fully saturated rings. The third-order valence-electron chi connectivity index (χ3n) is 2.47. The number of unbranched alkanes of at least 4 members (excludes halogenated alkanes) is 2.